The first-order valence-electron chi connectivity index (χ1n) is 11.2. The molecule has 0 spiro atoms. The minimum Gasteiger partial charge on any atom is -0.339 e. The molecule has 5 rings (SSSR count). The number of hydrogen-bond donors (Lipinski definition) is 1. The molecule has 2 aromatic carbocycles. The molecule has 164 valence electrons. The van der Waals surface area contributed by atoms with Gasteiger partial charge in [0.15, 0.2) is 0 Å². The van der Waals surface area contributed by atoms with E-state index < -0.39 is 0 Å². The van der Waals surface area contributed by atoms with Crippen LogP contribution >= 0.6 is 0 Å². The van der Waals surface area contributed by atoms with Crippen LogP contribution in [0.5, 0.6) is 0 Å². The molecule has 3 heterocycles. The summed E-state index contributed by atoms with van der Waals surface area (Å²) in [6.07, 6.45) is 5.43. The fourth-order valence-corrected chi connectivity index (χ4v) is 4.84. The molecule has 7 heteroatoms. The van der Waals surface area contributed by atoms with E-state index in [1.165, 1.54) is 5.56 Å². The van der Waals surface area contributed by atoms with Crippen molar-refractivity contribution in [3.63, 3.8) is 0 Å². The standard InChI is InChI=1S/C25H27N5O2/c1-17-2-4-18(5-3-17)6-9-24(31)29-12-10-20-15-30(16-21(20)11-13-29)25(32)19-7-8-22-23(14-19)27-28-26-22/h2-9,14,20-21H,10-13,15-16H2,1H3,(H,26,27,28)/b9-6+/t20-,21+. The number of aryl methyl sites for hydroxylation is 1. The quantitative estimate of drug-likeness (QED) is 0.648. The lowest BCUT2D eigenvalue weighted by Gasteiger charge is -2.21. The lowest BCUT2D eigenvalue weighted by Crippen LogP contribution is -2.33. The predicted molar refractivity (Wildman–Crippen MR) is 123 cm³/mol. The summed E-state index contributed by atoms with van der Waals surface area (Å²) in [7, 11) is 0. The van der Waals surface area contributed by atoms with E-state index in [2.05, 4.69) is 22.3 Å². The Morgan fingerprint density at radius 2 is 1.72 bits per heavy atom. The Balaban J connectivity index is 1.19. The zero-order valence-electron chi connectivity index (χ0n) is 18.2. The third kappa shape index (κ3) is 4.15. The number of benzene rings is 2. The molecule has 7 nitrogen and oxygen atoms in total. The van der Waals surface area contributed by atoms with Gasteiger partial charge in [-0.2, -0.15) is 0 Å². The van der Waals surface area contributed by atoms with Gasteiger partial charge in [0.05, 0.1) is 5.52 Å². The fraction of sp³-hybridized carbons (Fsp3) is 0.360. The third-order valence-electron chi connectivity index (χ3n) is 6.78. The number of H-pyrrole nitrogens is 1. The lowest BCUT2D eigenvalue weighted by molar-refractivity contribution is -0.126. The fourth-order valence-electron chi connectivity index (χ4n) is 4.84. The number of fused-ring (bicyclic) bond motifs is 2. The summed E-state index contributed by atoms with van der Waals surface area (Å²) in [5.41, 5.74) is 4.43. The van der Waals surface area contributed by atoms with E-state index in [9.17, 15) is 9.59 Å². The SMILES string of the molecule is Cc1ccc(/C=C/C(=O)N2CC[C@@H]3CN(C(=O)c4ccc5[nH]nnc5c4)C[C@@H]3CC2)cc1. The van der Waals surface area contributed by atoms with Crippen LogP contribution in [0.2, 0.25) is 0 Å². The Morgan fingerprint density at radius 3 is 2.44 bits per heavy atom. The van der Waals surface area contributed by atoms with Gasteiger partial charge in [-0.15, -0.1) is 5.10 Å². The molecule has 2 atom stereocenters. The van der Waals surface area contributed by atoms with Crippen molar-refractivity contribution in [1.29, 1.82) is 0 Å². The first kappa shape index (κ1) is 20.4. The zero-order valence-corrected chi connectivity index (χ0v) is 18.2. The van der Waals surface area contributed by atoms with Gasteiger partial charge < -0.3 is 9.80 Å². The molecule has 0 aliphatic carbocycles. The minimum atomic E-state index is 0.0527. The monoisotopic (exact) mass is 429 g/mol. The Kier molecular flexibility index (Phi) is 5.47. The van der Waals surface area contributed by atoms with E-state index in [-0.39, 0.29) is 11.8 Å². The molecule has 1 aromatic heterocycles. The van der Waals surface area contributed by atoms with Gasteiger partial charge in [-0.05, 0) is 61.4 Å². The number of aromatic nitrogens is 3. The normalized spacial score (nSPS) is 21.2. The second-order valence-corrected chi connectivity index (χ2v) is 8.92. The van der Waals surface area contributed by atoms with Gasteiger partial charge in [0.1, 0.15) is 5.52 Å². The van der Waals surface area contributed by atoms with Crippen molar-refractivity contribution in [1.82, 2.24) is 25.2 Å². The summed E-state index contributed by atoms with van der Waals surface area (Å²) >= 11 is 0. The largest absolute Gasteiger partial charge is 0.339 e. The molecule has 0 unspecified atom stereocenters. The molecule has 2 aliphatic heterocycles. The third-order valence-corrected chi connectivity index (χ3v) is 6.78. The highest BCUT2D eigenvalue weighted by atomic mass is 16.2. The summed E-state index contributed by atoms with van der Waals surface area (Å²) in [6.45, 7) is 5.04. The van der Waals surface area contributed by atoms with Gasteiger partial charge in [0.25, 0.3) is 5.91 Å². The molecule has 1 N–H and O–H groups in total. The van der Waals surface area contributed by atoms with Gasteiger partial charge in [0.2, 0.25) is 5.91 Å². The maximum Gasteiger partial charge on any atom is 0.253 e. The van der Waals surface area contributed by atoms with Gasteiger partial charge in [-0.1, -0.05) is 35.0 Å². The van der Waals surface area contributed by atoms with Crippen molar-refractivity contribution in [2.75, 3.05) is 26.2 Å². The number of carbonyl (C=O) groups is 2. The second-order valence-electron chi connectivity index (χ2n) is 8.92. The van der Waals surface area contributed by atoms with Crippen LogP contribution in [0.1, 0.15) is 34.3 Å². The van der Waals surface area contributed by atoms with Crippen LogP contribution in [-0.4, -0.2) is 63.2 Å². The topological polar surface area (TPSA) is 82.2 Å². The molecule has 0 radical (unpaired) electrons. The maximum atomic E-state index is 13.0. The molecule has 2 amide bonds. The Hall–Kier alpha value is -3.48. The molecule has 2 fully saturated rings. The van der Waals surface area contributed by atoms with Gasteiger partial charge in [-0.3, -0.25) is 14.7 Å². The number of carbonyl (C=O) groups excluding carboxylic acids is 2. The lowest BCUT2D eigenvalue weighted by atomic mass is 9.92. The van der Waals surface area contributed by atoms with Crippen LogP contribution in [0.4, 0.5) is 0 Å². The molecule has 2 saturated heterocycles. The van der Waals surface area contributed by atoms with Crippen molar-refractivity contribution >= 4 is 28.9 Å². The average molecular weight is 430 g/mol. The van der Waals surface area contributed by atoms with Crippen molar-refractivity contribution < 1.29 is 9.59 Å². The Morgan fingerprint density at radius 1 is 1.00 bits per heavy atom. The molecular formula is C25H27N5O2. The van der Waals surface area contributed by atoms with Gasteiger partial charge >= 0.3 is 0 Å². The van der Waals surface area contributed by atoms with Gasteiger partial charge in [0, 0.05) is 37.8 Å². The zero-order chi connectivity index (χ0) is 22.1. The van der Waals surface area contributed by atoms with Crippen molar-refractivity contribution in [3.8, 4) is 0 Å². The van der Waals surface area contributed by atoms with E-state index in [0.29, 0.717) is 22.9 Å². The van der Waals surface area contributed by atoms with Crippen molar-refractivity contribution in [2.45, 2.75) is 19.8 Å². The van der Waals surface area contributed by atoms with Crippen molar-refractivity contribution in [2.24, 2.45) is 11.8 Å². The Bertz CT molecular complexity index is 1150. The van der Waals surface area contributed by atoms with E-state index in [1.807, 2.05) is 52.3 Å². The van der Waals surface area contributed by atoms with E-state index in [1.54, 1.807) is 12.1 Å². The maximum absolute atomic E-state index is 13.0. The summed E-state index contributed by atoms with van der Waals surface area (Å²) in [5, 5.41) is 10.6. The van der Waals surface area contributed by atoms with E-state index in [0.717, 1.165) is 50.1 Å². The molecule has 3 aromatic rings. The summed E-state index contributed by atoms with van der Waals surface area (Å²) in [5.74, 6) is 0.999. The highest BCUT2D eigenvalue weighted by Crippen LogP contribution is 2.33. The van der Waals surface area contributed by atoms with Crippen LogP contribution < -0.4 is 0 Å². The molecule has 32 heavy (non-hydrogen) atoms. The molecule has 0 saturated carbocycles. The number of nitrogens with one attached hydrogen (secondary N) is 1. The van der Waals surface area contributed by atoms with Crippen LogP contribution in [0.3, 0.4) is 0 Å². The number of rotatable bonds is 3. The van der Waals surface area contributed by atoms with Gasteiger partial charge in [-0.25, -0.2) is 0 Å². The summed E-state index contributed by atoms with van der Waals surface area (Å²) in [4.78, 5) is 29.7. The molecule has 0 bridgehead atoms. The number of hydrogen-bond acceptors (Lipinski definition) is 4. The number of nitrogens with zero attached hydrogens (tertiary/aromatic N) is 4. The van der Waals surface area contributed by atoms with Crippen LogP contribution in [0, 0.1) is 18.8 Å². The first-order valence-corrected chi connectivity index (χ1v) is 11.2. The highest BCUT2D eigenvalue weighted by Gasteiger charge is 2.37. The summed E-state index contributed by atoms with van der Waals surface area (Å²) < 4.78 is 0. The number of aromatic amines is 1. The van der Waals surface area contributed by atoms with E-state index in [4.69, 9.17) is 0 Å². The smallest absolute Gasteiger partial charge is 0.253 e. The predicted octanol–water partition coefficient (Wildman–Crippen LogP) is 3.29. The average Bonchev–Trinajstić information content (AvgIpc) is 3.40. The number of likely N-dealkylation sites (tertiary alicyclic amines) is 2. The second kappa shape index (κ2) is 8.57. The molecular weight excluding hydrogens is 402 g/mol. The minimum absolute atomic E-state index is 0.0527. The van der Waals surface area contributed by atoms with Crippen molar-refractivity contribution in [3.05, 3.63) is 65.2 Å². The summed E-state index contributed by atoms with van der Waals surface area (Å²) in [6, 6.07) is 13.6. The Labute approximate surface area is 187 Å². The highest BCUT2D eigenvalue weighted by molar-refractivity contribution is 5.97. The van der Waals surface area contributed by atoms with Crippen LogP contribution in [-0.2, 0) is 4.79 Å². The van der Waals surface area contributed by atoms with Crippen LogP contribution in [0.15, 0.2) is 48.5 Å². The number of amides is 2. The molecule has 2 aliphatic rings. The van der Waals surface area contributed by atoms with Crippen LogP contribution in [0.25, 0.3) is 17.1 Å². The first-order chi connectivity index (χ1) is 15.6. The van der Waals surface area contributed by atoms with E-state index >= 15 is 0 Å².